The molecule has 0 atom stereocenters. The molecule has 49 valence electrons. The Labute approximate surface area is 62.5 Å². The first-order chi connectivity index (χ1) is 4.97. The van der Waals surface area contributed by atoms with Gasteiger partial charge in [0.2, 0.25) is 0 Å². The van der Waals surface area contributed by atoms with Gasteiger partial charge in [-0.2, -0.15) is 0 Å². The molecule has 0 N–H and O–H groups in total. The molecule has 1 aliphatic rings. The first kappa shape index (κ1) is 6.02. The second-order valence-corrected chi connectivity index (χ2v) is 2.80. The highest BCUT2D eigenvalue weighted by molar-refractivity contribution is 6.35. The maximum absolute atomic E-state index is 2.36. The van der Waals surface area contributed by atoms with Crippen LogP contribution in [0.25, 0.3) is 0 Å². The molecule has 1 radical (unpaired) electrons. The van der Waals surface area contributed by atoms with E-state index in [-0.39, 0.29) is 0 Å². The van der Waals surface area contributed by atoms with Crippen molar-refractivity contribution < 1.29 is 0 Å². The van der Waals surface area contributed by atoms with Crippen molar-refractivity contribution in [2.75, 3.05) is 0 Å². The number of benzene rings is 1. The Balaban J connectivity index is 2.41. The van der Waals surface area contributed by atoms with Gasteiger partial charge in [-0.3, -0.25) is 0 Å². The molecule has 0 spiro atoms. The molecule has 1 aromatic carbocycles. The van der Waals surface area contributed by atoms with Crippen LogP contribution in [0.4, 0.5) is 0 Å². The molecule has 1 heteroatoms. The van der Waals surface area contributed by atoms with Gasteiger partial charge in [-0.1, -0.05) is 42.5 Å². The van der Waals surface area contributed by atoms with Gasteiger partial charge in [-0.15, -0.1) is 0 Å². The van der Waals surface area contributed by atoms with Gasteiger partial charge in [0.25, 0.3) is 0 Å². The van der Waals surface area contributed by atoms with Gasteiger partial charge in [0.1, 0.15) is 7.28 Å². The van der Waals surface area contributed by atoms with Crippen LogP contribution >= 0.6 is 0 Å². The Morgan fingerprint density at radius 3 is 2.70 bits per heavy atom. The largest absolute Gasteiger partial charge is 0.115 e. The molecule has 0 saturated carbocycles. The SMILES string of the molecule is [B]1CCc2ccccc2C1. The Hall–Kier alpha value is -0.715. The van der Waals surface area contributed by atoms with Crippen molar-refractivity contribution in [3.63, 3.8) is 0 Å². The van der Waals surface area contributed by atoms with Crippen molar-refractivity contribution in [3.05, 3.63) is 35.4 Å². The monoisotopic (exact) mass is 129 g/mol. The van der Waals surface area contributed by atoms with Crippen LogP contribution in [-0.4, -0.2) is 7.28 Å². The van der Waals surface area contributed by atoms with Crippen molar-refractivity contribution in [1.82, 2.24) is 0 Å². The zero-order chi connectivity index (χ0) is 6.81. The van der Waals surface area contributed by atoms with Gasteiger partial charge in [-0.25, -0.2) is 0 Å². The van der Waals surface area contributed by atoms with E-state index in [0.717, 1.165) is 0 Å². The quantitative estimate of drug-likeness (QED) is 0.469. The predicted molar refractivity (Wildman–Crippen MR) is 44.4 cm³/mol. The molecule has 0 amide bonds. The average molecular weight is 129 g/mol. The van der Waals surface area contributed by atoms with E-state index in [1.807, 2.05) is 0 Å². The lowest BCUT2D eigenvalue weighted by molar-refractivity contribution is 1.04. The summed E-state index contributed by atoms with van der Waals surface area (Å²) in [6.45, 7) is 0. The first-order valence-corrected chi connectivity index (χ1v) is 3.85. The topological polar surface area (TPSA) is 0 Å². The molecule has 10 heavy (non-hydrogen) atoms. The van der Waals surface area contributed by atoms with Gasteiger partial charge in [-0.05, 0) is 12.0 Å². The van der Waals surface area contributed by atoms with Crippen LogP contribution in [0.3, 0.4) is 0 Å². The van der Waals surface area contributed by atoms with Gasteiger partial charge in [0.15, 0.2) is 0 Å². The van der Waals surface area contributed by atoms with Crippen molar-refractivity contribution >= 4 is 7.28 Å². The van der Waals surface area contributed by atoms with Crippen molar-refractivity contribution in [2.45, 2.75) is 19.1 Å². The molecule has 0 bridgehead atoms. The lowest BCUT2D eigenvalue weighted by Gasteiger charge is -2.13. The third-order valence-electron chi connectivity index (χ3n) is 2.10. The van der Waals surface area contributed by atoms with E-state index in [9.17, 15) is 0 Å². The van der Waals surface area contributed by atoms with E-state index >= 15 is 0 Å². The molecule has 0 unspecified atom stereocenters. The second-order valence-electron chi connectivity index (χ2n) is 2.80. The summed E-state index contributed by atoms with van der Waals surface area (Å²) < 4.78 is 0. The molecule has 0 fully saturated rings. The van der Waals surface area contributed by atoms with Crippen LogP contribution in [0.1, 0.15) is 11.1 Å². The van der Waals surface area contributed by atoms with Crippen LogP contribution in [0.2, 0.25) is 6.32 Å². The lowest BCUT2D eigenvalue weighted by atomic mass is 9.62. The number of hydrogen-bond acceptors (Lipinski definition) is 0. The van der Waals surface area contributed by atoms with Gasteiger partial charge < -0.3 is 0 Å². The highest BCUT2D eigenvalue weighted by Gasteiger charge is 2.06. The van der Waals surface area contributed by atoms with E-state index in [1.165, 1.54) is 24.6 Å². The minimum Gasteiger partial charge on any atom is -0.0759 e. The van der Waals surface area contributed by atoms with Crippen molar-refractivity contribution in [3.8, 4) is 0 Å². The summed E-state index contributed by atoms with van der Waals surface area (Å²) >= 11 is 0. The number of aryl methyl sites for hydroxylation is 1. The molecule has 1 aliphatic heterocycles. The molecule has 0 nitrogen and oxygen atoms in total. The Morgan fingerprint density at radius 1 is 1.10 bits per heavy atom. The summed E-state index contributed by atoms with van der Waals surface area (Å²) in [5.74, 6) is 0. The van der Waals surface area contributed by atoms with Crippen LogP contribution in [0, 0.1) is 0 Å². The Morgan fingerprint density at radius 2 is 1.90 bits per heavy atom. The molecular formula is C9H10B. The van der Waals surface area contributed by atoms with E-state index < -0.39 is 0 Å². The van der Waals surface area contributed by atoms with E-state index in [2.05, 4.69) is 31.5 Å². The predicted octanol–water partition coefficient (Wildman–Crippen LogP) is 1.87. The summed E-state index contributed by atoms with van der Waals surface area (Å²) in [5.41, 5.74) is 3.07. The van der Waals surface area contributed by atoms with Gasteiger partial charge in [0, 0.05) is 0 Å². The Bertz CT molecular complexity index is 205. The summed E-state index contributed by atoms with van der Waals surface area (Å²) in [5, 5.41) is 0. The molecule has 1 aromatic rings. The zero-order valence-corrected chi connectivity index (χ0v) is 6.01. The molecule has 0 saturated heterocycles. The normalized spacial score (nSPS) is 15.6. The van der Waals surface area contributed by atoms with Crippen LogP contribution < -0.4 is 0 Å². The molecule has 0 aliphatic carbocycles. The molecular weight excluding hydrogens is 119 g/mol. The summed E-state index contributed by atoms with van der Waals surface area (Å²) in [4.78, 5) is 0. The fourth-order valence-corrected chi connectivity index (χ4v) is 1.52. The third-order valence-corrected chi connectivity index (χ3v) is 2.10. The zero-order valence-electron chi connectivity index (χ0n) is 6.01. The standard InChI is InChI=1S/C9H10B/c1-2-4-9-7-10-6-5-8(9)3-1/h1-4H,5-7H2. The fraction of sp³-hybridized carbons (Fsp3) is 0.333. The molecule has 1 heterocycles. The number of fused-ring (bicyclic) bond motifs is 1. The number of hydrogen-bond donors (Lipinski definition) is 0. The van der Waals surface area contributed by atoms with Crippen molar-refractivity contribution in [2.24, 2.45) is 0 Å². The smallest absolute Gasteiger partial charge is 0.0759 e. The van der Waals surface area contributed by atoms with Crippen LogP contribution in [0.5, 0.6) is 0 Å². The average Bonchev–Trinajstić information content (AvgIpc) is 2.05. The van der Waals surface area contributed by atoms with E-state index in [1.54, 1.807) is 5.56 Å². The molecule has 2 rings (SSSR count). The summed E-state index contributed by atoms with van der Waals surface area (Å²) in [6, 6.07) is 8.72. The highest BCUT2D eigenvalue weighted by Crippen LogP contribution is 2.16. The van der Waals surface area contributed by atoms with E-state index in [4.69, 9.17) is 0 Å². The van der Waals surface area contributed by atoms with E-state index in [0.29, 0.717) is 0 Å². The Kier molecular flexibility index (Phi) is 1.50. The molecule has 0 aromatic heterocycles. The van der Waals surface area contributed by atoms with Crippen molar-refractivity contribution in [1.29, 1.82) is 0 Å². The minimum atomic E-state index is 1.18. The minimum absolute atomic E-state index is 1.18. The van der Waals surface area contributed by atoms with Gasteiger partial charge >= 0.3 is 0 Å². The maximum atomic E-state index is 2.36. The van der Waals surface area contributed by atoms with Crippen LogP contribution in [-0.2, 0) is 12.7 Å². The third kappa shape index (κ3) is 0.963. The first-order valence-electron chi connectivity index (χ1n) is 3.85. The second kappa shape index (κ2) is 2.49. The maximum Gasteiger partial charge on any atom is 0.115 e. The van der Waals surface area contributed by atoms with Crippen LogP contribution in [0.15, 0.2) is 24.3 Å². The van der Waals surface area contributed by atoms with Gasteiger partial charge in [0.05, 0.1) is 0 Å². The summed E-state index contributed by atoms with van der Waals surface area (Å²) in [6.07, 6.45) is 3.68. The number of rotatable bonds is 0. The lowest BCUT2D eigenvalue weighted by Crippen LogP contribution is -2.08. The fourth-order valence-electron chi connectivity index (χ4n) is 1.52. The highest BCUT2D eigenvalue weighted by atomic mass is 14.0. The summed E-state index contributed by atoms with van der Waals surface area (Å²) in [7, 11) is 2.36.